The van der Waals surface area contributed by atoms with Crippen LogP contribution in [0.3, 0.4) is 0 Å². The molecule has 0 aromatic carbocycles. The zero-order valence-corrected chi connectivity index (χ0v) is 11.5. The summed E-state index contributed by atoms with van der Waals surface area (Å²) in [6.45, 7) is 2.75. The molecular weight excluding hydrogens is 244 g/mol. The van der Waals surface area contributed by atoms with Crippen molar-refractivity contribution in [2.45, 2.75) is 32.2 Å². The molecule has 1 aliphatic rings. The molecule has 5 nitrogen and oxygen atoms in total. The highest BCUT2D eigenvalue weighted by molar-refractivity contribution is 5.95. The van der Waals surface area contributed by atoms with Crippen LogP contribution in [0.25, 0.3) is 0 Å². The first-order chi connectivity index (χ1) is 9.15. The maximum Gasteiger partial charge on any atom is 0.328 e. The quantitative estimate of drug-likeness (QED) is 0.779. The van der Waals surface area contributed by atoms with Crippen molar-refractivity contribution >= 4 is 11.9 Å². The Morgan fingerprint density at radius 3 is 2.84 bits per heavy atom. The first kappa shape index (κ1) is 13.6. The largest absolute Gasteiger partial charge is 0.464 e. The molecule has 0 aliphatic carbocycles. The summed E-state index contributed by atoms with van der Waals surface area (Å²) < 4.78 is 6.85. The molecule has 1 aromatic heterocycles. The second kappa shape index (κ2) is 5.91. The summed E-state index contributed by atoms with van der Waals surface area (Å²) in [5, 5.41) is 0. The Balaban J connectivity index is 2.18. The number of likely N-dealkylation sites (tertiary alicyclic amines) is 1. The van der Waals surface area contributed by atoms with Gasteiger partial charge in [0.2, 0.25) is 0 Å². The van der Waals surface area contributed by atoms with Crippen molar-refractivity contribution in [2.24, 2.45) is 7.05 Å². The van der Waals surface area contributed by atoms with E-state index in [0.29, 0.717) is 25.3 Å². The van der Waals surface area contributed by atoms with Crippen LogP contribution in [0.5, 0.6) is 0 Å². The smallest absolute Gasteiger partial charge is 0.328 e. The summed E-state index contributed by atoms with van der Waals surface area (Å²) in [7, 11) is 1.83. The number of esters is 1. The number of ether oxygens (including phenoxy) is 1. The Kier molecular flexibility index (Phi) is 4.24. The summed E-state index contributed by atoms with van der Waals surface area (Å²) in [4.78, 5) is 26.1. The van der Waals surface area contributed by atoms with Crippen LogP contribution in [0.1, 0.15) is 36.7 Å². The first-order valence-electron chi connectivity index (χ1n) is 6.74. The fourth-order valence-electron chi connectivity index (χ4n) is 2.49. The molecule has 104 valence electrons. The molecule has 0 saturated carbocycles. The van der Waals surface area contributed by atoms with Gasteiger partial charge in [-0.2, -0.15) is 0 Å². The van der Waals surface area contributed by atoms with Crippen molar-refractivity contribution in [1.82, 2.24) is 9.47 Å². The van der Waals surface area contributed by atoms with Gasteiger partial charge in [0.15, 0.2) is 0 Å². The van der Waals surface area contributed by atoms with E-state index in [1.54, 1.807) is 22.5 Å². The van der Waals surface area contributed by atoms with E-state index in [9.17, 15) is 9.59 Å². The number of rotatable bonds is 3. The third-order valence-electron chi connectivity index (χ3n) is 3.49. The first-order valence-corrected chi connectivity index (χ1v) is 6.74. The van der Waals surface area contributed by atoms with Crippen molar-refractivity contribution < 1.29 is 14.3 Å². The minimum Gasteiger partial charge on any atom is -0.464 e. The topological polar surface area (TPSA) is 51.5 Å². The number of aryl methyl sites for hydroxylation is 1. The zero-order chi connectivity index (χ0) is 13.8. The number of aromatic nitrogens is 1. The van der Waals surface area contributed by atoms with E-state index in [2.05, 4.69) is 0 Å². The average Bonchev–Trinajstić information content (AvgIpc) is 2.84. The molecule has 0 radical (unpaired) electrons. The van der Waals surface area contributed by atoms with E-state index in [0.717, 1.165) is 12.8 Å². The molecule has 1 aromatic rings. The van der Waals surface area contributed by atoms with Gasteiger partial charge < -0.3 is 14.2 Å². The Morgan fingerprint density at radius 2 is 2.21 bits per heavy atom. The fraction of sp³-hybridized carbons (Fsp3) is 0.571. The fourth-order valence-corrected chi connectivity index (χ4v) is 2.49. The molecule has 1 atom stereocenters. The molecule has 5 heteroatoms. The molecule has 1 amide bonds. The van der Waals surface area contributed by atoms with Gasteiger partial charge in [-0.15, -0.1) is 0 Å². The predicted molar refractivity (Wildman–Crippen MR) is 70.7 cm³/mol. The molecule has 1 unspecified atom stereocenters. The molecule has 1 saturated heterocycles. The van der Waals surface area contributed by atoms with Crippen molar-refractivity contribution in [2.75, 3.05) is 13.2 Å². The third-order valence-corrected chi connectivity index (χ3v) is 3.49. The molecule has 2 rings (SSSR count). The maximum absolute atomic E-state index is 12.5. The van der Waals surface area contributed by atoms with Crippen LogP contribution in [0, 0.1) is 0 Å². The van der Waals surface area contributed by atoms with Gasteiger partial charge in [0.25, 0.3) is 5.91 Å². The highest BCUT2D eigenvalue weighted by Crippen LogP contribution is 2.20. The van der Waals surface area contributed by atoms with E-state index in [1.165, 1.54) is 0 Å². The van der Waals surface area contributed by atoms with Gasteiger partial charge in [0, 0.05) is 19.8 Å². The van der Waals surface area contributed by atoms with Gasteiger partial charge in [0.05, 0.1) is 6.61 Å². The zero-order valence-electron chi connectivity index (χ0n) is 11.5. The number of carbonyl (C=O) groups excluding carboxylic acids is 2. The second-order valence-electron chi connectivity index (χ2n) is 4.77. The van der Waals surface area contributed by atoms with Crippen molar-refractivity contribution in [1.29, 1.82) is 0 Å². The predicted octanol–water partition coefficient (Wildman–Crippen LogP) is 1.58. The Bertz CT molecular complexity index is 467. The van der Waals surface area contributed by atoms with Gasteiger partial charge in [-0.25, -0.2) is 4.79 Å². The third kappa shape index (κ3) is 2.80. The molecule has 2 heterocycles. The van der Waals surface area contributed by atoms with Gasteiger partial charge in [0.1, 0.15) is 11.7 Å². The minimum absolute atomic E-state index is 0.0924. The number of piperidine rings is 1. The number of hydrogen-bond donors (Lipinski definition) is 0. The second-order valence-corrected chi connectivity index (χ2v) is 4.77. The van der Waals surface area contributed by atoms with Crippen LogP contribution in [0.2, 0.25) is 0 Å². The van der Waals surface area contributed by atoms with Crippen molar-refractivity contribution in [3.05, 3.63) is 24.0 Å². The number of amides is 1. The number of carbonyl (C=O) groups is 2. The Morgan fingerprint density at radius 1 is 1.42 bits per heavy atom. The van der Waals surface area contributed by atoms with Crippen LogP contribution < -0.4 is 0 Å². The molecule has 19 heavy (non-hydrogen) atoms. The monoisotopic (exact) mass is 264 g/mol. The van der Waals surface area contributed by atoms with Gasteiger partial charge >= 0.3 is 5.97 Å². The van der Waals surface area contributed by atoms with Crippen LogP contribution in [-0.2, 0) is 16.6 Å². The van der Waals surface area contributed by atoms with Crippen molar-refractivity contribution in [3.63, 3.8) is 0 Å². The standard InChI is InChI=1S/C14H20N2O3/c1-3-19-14(18)12-7-4-5-10-16(12)13(17)11-8-6-9-15(11)2/h6,8-9,12H,3-5,7,10H2,1-2H3. The van der Waals surface area contributed by atoms with Crippen LogP contribution in [0.4, 0.5) is 0 Å². The molecule has 1 aliphatic heterocycles. The van der Waals surface area contributed by atoms with Gasteiger partial charge in [-0.05, 0) is 38.3 Å². The maximum atomic E-state index is 12.5. The number of nitrogens with zero attached hydrogens (tertiary/aromatic N) is 2. The minimum atomic E-state index is -0.434. The Hall–Kier alpha value is -1.78. The van der Waals surface area contributed by atoms with E-state index in [-0.39, 0.29) is 11.9 Å². The van der Waals surface area contributed by atoms with Crippen molar-refractivity contribution in [3.8, 4) is 0 Å². The number of hydrogen-bond acceptors (Lipinski definition) is 3. The van der Waals surface area contributed by atoms with E-state index in [1.807, 2.05) is 19.3 Å². The lowest BCUT2D eigenvalue weighted by Gasteiger charge is -2.34. The SMILES string of the molecule is CCOC(=O)C1CCCCN1C(=O)c1cccn1C. The average molecular weight is 264 g/mol. The molecule has 0 bridgehead atoms. The highest BCUT2D eigenvalue weighted by Gasteiger charge is 2.34. The van der Waals surface area contributed by atoms with Crippen LogP contribution in [0.15, 0.2) is 18.3 Å². The summed E-state index contributed by atoms with van der Waals surface area (Å²) in [6, 6.07) is 3.17. The molecular formula is C14H20N2O3. The van der Waals surface area contributed by atoms with Crippen LogP contribution in [-0.4, -0.2) is 40.5 Å². The van der Waals surface area contributed by atoms with Gasteiger partial charge in [-0.1, -0.05) is 0 Å². The van der Waals surface area contributed by atoms with E-state index < -0.39 is 6.04 Å². The molecule has 0 N–H and O–H groups in total. The summed E-state index contributed by atoms with van der Waals surface area (Å²) in [5.74, 6) is -0.380. The normalized spacial score (nSPS) is 19.3. The molecule has 1 fully saturated rings. The van der Waals surface area contributed by atoms with E-state index in [4.69, 9.17) is 4.74 Å². The lowest BCUT2D eigenvalue weighted by atomic mass is 10.0. The lowest BCUT2D eigenvalue weighted by Crippen LogP contribution is -2.49. The van der Waals surface area contributed by atoms with E-state index >= 15 is 0 Å². The summed E-state index contributed by atoms with van der Waals surface area (Å²) >= 11 is 0. The lowest BCUT2D eigenvalue weighted by molar-refractivity contribution is -0.149. The molecule has 0 spiro atoms. The van der Waals surface area contributed by atoms with Crippen LogP contribution >= 0.6 is 0 Å². The summed E-state index contributed by atoms with van der Waals surface area (Å²) in [5.41, 5.74) is 0.608. The summed E-state index contributed by atoms with van der Waals surface area (Å²) in [6.07, 6.45) is 4.41. The van der Waals surface area contributed by atoms with Gasteiger partial charge in [-0.3, -0.25) is 4.79 Å². The highest BCUT2D eigenvalue weighted by atomic mass is 16.5. The Labute approximate surface area is 113 Å².